The van der Waals surface area contributed by atoms with Crippen LogP contribution in [0, 0.1) is 5.92 Å². The van der Waals surface area contributed by atoms with Crippen molar-refractivity contribution < 1.29 is 23.9 Å². The molecule has 158 valence electrons. The van der Waals surface area contributed by atoms with Crippen LogP contribution in [0.25, 0.3) is 0 Å². The molecule has 0 unspecified atom stereocenters. The molecule has 0 spiro atoms. The second-order valence-electron chi connectivity index (χ2n) is 6.94. The minimum Gasteiger partial charge on any atom is -0.483 e. The predicted octanol–water partition coefficient (Wildman–Crippen LogP) is 3.49. The summed E-state index contributed by atoms with van der Waals surface area (Å²) in [5.74, 6) is -0.249. The van der Waals surface area contributed by atoms with Gasteiger partial charge in [-0.05, 0) is 59.1 Å². The average molecular weight is 475 g/mol. The Morgan fingerprint density at radius 2 is 1.80 bits per heavy atom. The number of para-hydroxylation sites is 1. The van der Waals surface area contributed by atoms with E-state index in [2.05, 4.69) is 26.0 Å². The molecule has 3 rings (SSSR count). The number of methoxy groups -OCH3 is 1. The lowest BCUT2D eigenvalue weighted by Crippen LogP contribution is -2.43. The lowest BCUT2D eigenvalue weighted by molar-refractivity contribution is -0.136. The Morgan fingerprint density at radius 3 is 2.43 bits per heavy atom. The van der Waals surface area contributed by atoms with E-state index in [4.69, 9.17) is 4.74 Å². The number of benzene rings is 2. The molecular formula is C22H23BrN2O5. The van der Waals surface area contributed by atoms with Gasteiger partial charge in [0, 0.05) is 24.7 Å². The maximum Gasteiger partial charge on any atom is 0.337 e. The van der Waals surface area contributed by atoms with Gasteiger partial charge in [-0.3, -0.25) is 9.59 Å². The third kappa shape index (κ3) is 5.60. The highest BCUT2D eigenvalue weighted by molar-refractivity contribution is 9.10. The second-order valence-corrected chi connectivity index (χ2v) is 7.79. The summed E-state index contributed by atoms with van der Waals surface area (Å²) in [6.45, 7) is 0.909. The van der Waals surface area contributed by atoms with Gasteiger partial charge in [0.1, 0.15) is 5.75 Å². The molecule has 8 heteroatoms. The molecule has 7 nitrogen and oxygen atoms in total. The largest absolute Gasteiger partial charge is 0.483 e. The van der Waals surface area contributed by atoms with Crippen molar-refractivity contribution in [1.82, 2.24) is 4.90 Å². The van der Waals surface area contributed by atoms with Gasteiger partial charge in [0.2, 0.25) is 5.91 Å². The number of hydrogen-bond donors (Lipinski definition) is 1. The maximum atomic E-state index is 12.5. The lowest BCUT2D eigenvalue weighted by atomic mass is 9.95. The molecule has 0 saturated carbocycles. The van der Waals surface area contributed by atoms with E-state index in [0.717, 1.165) is 5.69 Å². The smallest absolute Gasteiger partial charge is 0.337 e. The minimum absolute atomic E-state index is 0.0147. The average Bonchev–Trinajstić information content (AvgIpc) is 2.78. The summed E-state index contributed by atoms with van der Waals surface area (Å²) in [5, 5.41) is 2.92. The Morgan fingerprint density at radius 1 is 1.10 bits per heavy atom. The molecule has 30 heavy (non-hydrogen) atoms. The highest BCUT2D eigenvalue weighted by Crippen LogP contribution is 2.27. The lowest BCUT2D eigenvalue weighted by Gasteiger charge is -2.31. The number of ether oxygens (including phenoxy) is 2. The molecule has 1 saturated heterocycles. The molecule has 2 aromatic rings. The molecule has 1 aliphatic rings. The van der Waals surface area contributed by atoms with E-state index < -0.39 is 5.97 Å². The Hall–Kier alpha value is -2.87. The minimum atomic E-state index is -0.447. The van der Waals surface area contributed by atoms with Crippen LogP contribution in [0.4, 0.5) is 5.69 Å². The fourth-order valence-corrected chi connectivity index (χ4v) is 3.74. The summed E-state index contributed by atoms with van der Waals surface area (Å²) in [5.41, 5.74) is 1.16. The van der Waals surface area contributed by atoms with Crippen LogP contribution < -0.4 is 10.1 Å². The molecule has 2 amide bonds. The zero-order valence-electron chi connectivity index (χ0n) is 16.6. The number of anilines is 1. The van der Waals surface area contributed by atoms with Crippen molar-refractivity contribution in [2.45, 2.75) is 12.8 Å². The van der Waals surface area contributed by atoms with Crippen molar-refractivity contribution in [3.8, 4) is 5.75 Å². The first kappa shape index (κ1) is 21.8. The van der Waals surface area contributed by atoms with E-state index in [1.165, 1.54) is 7.11 Å². The van der Waals surface area contributed by atoms with Gasteiger partial charge < -0.3 is 19.7 Å². The number of amides is 2. The summed E-state index contributed by atoms with van der Waals surface area (Å²) in [6, 6.07) is 14.1. The molecule has 0 atom stereocenters. The number of halogens is 1. The van der Waals surface area contributed by atoms with Crippen molar-refractivity contribution in [1.29, 1.82) is 0 Å². The molecule has 1 heterocycles. The second kappa shape index (κ2) is 10.2. The standard InChI is InChI=1S/C22H23BrN2O5/c1-29-22(28)16-7-8-19(18(23)13-16)30-14-20(26)25-11-9-15(10-12-25)21(27)24-17-5-3-2-4-6-17/h2-8,13,15H,9-12,14H2,1H3,(H,24,27). The predicted molar refractivity (Wildman–Crippen MR) is 115 cm³/mol. The molecule has 0 aliphatic carbocycles. The van der Waals surface area contributed by atoms with Crippen LogP contribution in [0.1, 0.15) is 23.2 Å². The number of carbonyl (C=O) groups excluding carboxylic acids is 3. The van der Waals surface area contributed by atoms with Gasteiger partial charge in [0.25, 0.3) is 5.91 Å². The Kier molecular flexibility index (Phi) is 7.46. The van der Waals surface area contributed by atoms with E-state index in [9.17, 15) is 14.4 Å². The summed E-state index contributed by atoms with van der Waals surface area (Å²) in [4.78, 5) is 38.2. The van der Waals surface area contributed by atoms with Crippen molar-refractivity contribution in [3.05, 3.63) is 58.6 Å². The van der Waals surface area contributed by atoms with Gasteiger partial charge in [-0.2, -0.15) is 0 Å². The molecule has 0 radical (unpaired) electrons. The molecule has 2 aromatic carbocycles. The van der Waals surface area contributed by atoms with Crippen LogP contribution >= 0.6 is 15.9 Å². The normalized spacial score (nSPS) is 14.1. The van der Waals surface area contributed by atoms with E-state index >= 15 is 0 Å². The highest BCUT2D eigenvalue weighted by atomic mass is 79.9. The van der Waals surface area contributed by atoms with Crippen LogP contribution in [0.5, 0.6) is 5.75 Å². The van der Waals surface area contributed by atoms with Crippen LogP contribution in [0.2, 0.25) is 0 Å². The Balaban J connectivity index is 1.46. The quantitative estimate of drug-likeness (QED) is 0.647. The first-order valence-electron chi connectivity index (χ1n) is 9.62. The first-order valence-corrected chi connectivity index (χ1v) is 10.4. The van der Waals surface area contributed by atoms with Crippen LogP contribution in [-0.2, 0) is 14.3 Å². The van der Waals surface area contributed by atoms with Crippen molar-refractivity contribution in [2.24, 2.45) is 5.92 Å². The first-order chi connectivity index (χ1) is 14.5. The Bertz CT molecular complexity index is 911. The van der Waals surface area contributed by atoms with Gasteiger partial charge in [-0.15, -0.1) is 0 Å². The van der Waals surface area contributed by atoms with Crippen LogP contribution in [0.15, 0.2) is 53.0 Å². The number of nitrogens with zero attached hydrogens (tertiary/aromatic N) is 1. The summed E-state index contributed by atoms with van der Waals surface area (Å²) in [6.07, 6.45) is 1.23. The molecular weight excluding hydrogens is 452 g/mol. The molecule has 0 bridgehead atoms. The number of hydrogen-bond acceptors (Lipinski definition) is 5. The van der Waals surface area contributed by atoms with Gasteiger partial charge >= 0.3 is 5.97 Å². The fourth-order valence-electron chi connectivity index (χ4n) is 3.25. The number of piperidine rings is 1. The Labute approximate surface area is 183 Å². The third-order valence-electron chi connectivity index (χ3n) is 4.96. The monoisotopic (exact) mass is 474 g/mol. The summed E-state index contributed by atoms with van der Waals surface area (Å²) >= 11 is 3.34. The number of esters is 1. The van der Waals surface area contributed by atoms with Crippen LogP contribution in [-0.4, -0.2) is 49.5 Å². The zero-order chi connectivity index (χ0) is 21.5. The molecule has 1 aliphatic heterocycles. The molecule has 1 N–H and O–H groups in total. The van der Waals surface area contributed by atoms with Gasteiger partial charge in [-0.1, -0.05) is 18.2 Å². The maximum absolute atomic E-state index is 12.5. The number of carbonyl (C=O) groups is 3. The topological polar surface area (TPSA) is 84.9 Å². The van der Waals surface area contributed by atoms with E-state index in [0.29, 0.717) is 41.7 Å². The molecule has 0 aromatic heterocycles. The van der Waals surface area contributed by atoms with E-state index in [1.54, 1.807) is 23.1 Å². The van der Waals surface area contributed by atoms with E-state index in [-0.39, 0.29) is 24.3 Å². The summed E-state index contributed by atoms with van der Waals surface area (Å²) < 4.78 is 10.8. The SMILES string of the molecule is COC(=O)c1ccc(OCC(=O)N2CCC(C(=O)Nc3ccccc3)CC2)c(Br)c1. The van der Waals surface area contributed by atoms with Gasteiger partial charge in [0.05, 0.1) is 17.1 Å². The zero-order valence-corrected chi connectivity index (χ0v) is 18.2. The van der Waals surface area contributed by atoms with Crippen molar-refractivity contribution in [3.63, 3.8) is 0 Å². The fraction of sp³-hybridized carbons (Fsp3) is 0.318. The summed E-state index contributed by atoms with van der Waals surface area (Å²) in [7, 11) is 1.31. The van der Waals surface area contributed by atoms with Crippen LogP contribution in [0.3, 0.4) is 0 Å². The van der Waals surface area contributed by atoms with E-state index in [1.807, 2.05) is 30.3 Å². The number of rotatable bonds is 6. The van der Waals surface area contributed by atoms with Crippen molar-refractivity contribution in [2.75, 3.05) is 32.1 Å². The van der Waals surface area contributed by atoms with Gasteiger partial charge in [-0.25, -0.2) is 4.79 Å². The highest BCUT2D eigenvalue weighted by Gasteiger charge is 2.27. The third-order valence-corrected chi connectivity index (χ3v) is 5.58. The van der Waals surface area contributed by atoms with Crippen molar-refractivity contribution >= 4 is 39.4 Å². The number of nitrogens with one attached hydrogen (secondary N) is 1. The molecule has 1 fully saturated rings. The number of likely N-dealkylation sites (tertiary alicyclic amines) is 1. The van der Waals surface area contributed by atoms with Gasteiger partial charge in [0.15, 0.2) is 6.61 Å².